The van der Waals surface area contributed by atoms with Gasteiger partial charge in [-0.05, 0) is 23.8 Å². The normalized spacial score (nSPS) is 11.8. The van der Waals surface area contributed by atoms with Crippen LogP contribution in [-0.2, 0) is 19.1 Å². The van der Waals surface area contributed by atoms with Crippen LogP contribution < -0.4 is 10.1 Å². The Bertz CT molecular complexity index is 661. The van der Waals surface area contributed by atoms with Crippen molar-refractivity contribution in [1.82, 2.24) is 5.32 Å². The molecule has 154 valence electrons. The minimum Gasteiger partial charge on any atom is -0.497 e. The van der Waals surface area contributed by atoms with Crippen molar-refractivity contribution in [3.8, 4) is 5.75 Å². The van der Waals surface area contributed by atoms with Crippen LogP contribution in [0.1, 0.15) is 25.8 Å². The van der Waals surface area contributed by atoms with Crippen LogP contribution in [0.4, 0.5) is 0 Å². The molecular weight excluding hydrogens is 398 g/mol. The molecule has 8 heteroatoms. The number of hydrogen-bond donors (Lipinski definition) is 1. The Balaban J connectivity index is 2.14. The van der Waals surface area contributed by atoms with E-state index in [0.29, 0.717) is 18.7 Å². The predicted molar refractivity (Wildman–Crippen MR) is 116 cm³/mol. The summed E-state index contributed by atoms with van der Waals surface area (Å²) in [5.74, 6) is 1.47. The molecule has 1 aromatic rings. The standard InChI is InChI=1S/C20H27NO5S2/c1-15(27-12-10-21-16(2)22)14-20(24)28-13-11-26-19(23)9-6-17-4-7-18(25-3)8-5-17/h4-9,15H,10-14H2,1-3H3,(H,21,22)/b9-6+. The Hall–Kier alpha value is -1.93. The number of carbonyl (C=O) groups excluding carboxylic acids is 3. The summed E-state index contributed by atoms with van der Waals surface area (Å²) in [7, 11) is 1.60. The van der Waals surface area contributed by atoms with E-state index < -0.39 is 5.97 Å². The smallest absolute Gasteiger partial charge is 0.330 e. The van der Waals surface area contributed by atoms with E-state index in [-0.39, 0.29) is 22.9 Å². The van der Waals surface area contributed by atoms with Crippen LogP contribution in [0.25, 0.3) is 6.08 Å². The quantitative estimate of drug-likeness (QED) is 0.313. The molecule has 1 unspecified atom stereocenters. The van der Waals surface area contributed by atoms with Gasteiger partial charge in [-0.25, -0.2) is 4.79 Å². The number of hydrogen-bond acceptors (Lipinski definition) is 7. The van der Waals surface area contributed by atoms with Crippen LogP contribution in [-0.4, -0.2) is 54.0 Å². The van der Waals surface area contributed by atoms with Crippen molar-refractivity contribution in [2.24, 2.45) is 0 Å². The number of nitrogens with one attached hydrogen (secondary N) is 1. The van der Waals surface area contributed by atoms with Crippen molar-refractivity contribution in [2.45, 2.75) is 25.5 Å². The Labute approximate surface area is 174 Å². The van der Waals surface area contributed by atoms with Gasteiger partial charge in [0.15, 0.2) is 5.12 Å². The van der Waals surface area contributed by atoms with Gasteiger partial charge >= 0.3 is 5.97 Å². The molecule has 0 bridgehead atoms. The maximum absolute atomic E-state index is 11.9. The molecule has 0 aromatic heterocycles. The van der Waals surface area contributed by atoms with Crippen LogP contribution in [0.2, 0.25) is 0 Å². The third kappa shape index (κ3) is 11.7. The molecule has 0 heterocycles. The van der Waals surface area contributed by atoms with Crippen molar-refractivity contribution in [2.75, 3.05) is 31.8 Å². The summed E-state index contributed by atoms with van der Waals surface area (Å²) in [5.41, 5.74) is 0.868. The second kappa shape index (κ2) is 14.1. The largest absolute Gasteiger partial charge is 0.497 e. The Morgan fingerprint density at radius 3 is 2.54 bits per heavy atom. The van der Waals surface area contributed by atoms with Crippen LogP contribution >= 0.6 is 23.5 Å². The molecular formula is C20H27NO5S2. The van der Waals surface area contributed by atoms with Crippen LogP contribution in [0.3, 0.4) is 0 Å². The van der Waals surface area contributed by atoms with Gasteiger partial charge in [0.05, 0.1) is 7.11 Å². The number of benzene rings is 1. The predicted octanol–water partition coefficient (Wildman–Crippen LogP) is 3.16. The number of methoxy groups -OCH3 is 1. The fraction of sp³-hybridized carbons (Fsp3) is 0.450. The highest BCUT2D eigenvalue weighted by Gasteiger charge is 2.10. The number of carbonyl (C=O) groups is 3. The molecule has 6 nitrogen and oxygen atoms in total. The average molecular weight is 426 g/mol. The van der Waals surface area contributed by atoms with Crippen molar-refractivity contribution in [3.63, 3.8) is 0 Å². The van der Waals surface area contributed by atoms with Gasteiger partial charge < -0.3 is 14.8 Å². The van der Waals surface area contributed by atoms with Gasteiger partial charge in [0.2, 0.25) is 5.91 Å². The van der Waals surface area contributed by atoms with E-state index in [9.17, 15) is 14.4 Å². The van der Waals surface area contributed by atoms with E-state index in [4.69, 9.17) is 9.47 Å². The first kappa shape index (κ1) is 24.1. The fourth-order valence-corrected chi connectivity index (χ4v) is 3.82. The van der Waals surface area contributed by atoms with Gasteiger partial charge in [0, 0.05) is 42.7 Å². The second-order valence-corrected chi connectivity index (χ2v) is 8.56. The molecule has 1 atom stereocenters. The first-order valence-corrected chi connectivity index (χ1v) is 10.9. The average Bonchev–Trinajstić information content (AvgIpc) is 2.67. The summed E-state index contributed by atoms with van der Waals surface area (Å²) in [6, 6.07) is 7.30. The molecule has 0 aliphatic heterocycles. The SMILES string of the molecule is COc1ccc(/C=C/C(=O)OCCSC(=O)CC(C)SCCNC(C)=O)cc1. The van der Waals surface area contributed by atoms with Crippen molar-refractivity contribution < 1.29 is 23.9 Å². The molecule has 0 aliphatic rings. The number of esters is 1. The number of rotatable bonds is 12. The highest BCUT2D eigenvalue weighted by Crippen LogP contribution is 2.18. The first-order valence-electron chi connectivity index (χ1n) is 8.91. The van der Waals surface area contributed by atoms with Crippen molar-refractivity contribution in [3.05, 3.63) is 35.9 Å². The third-order valence-corrected chi connectivity index (χ3v) is 5.49. The lowest BCUT2D eigenvalue weighted by atomic mass is 10.2. The molecule has 0 fully saturated rings. The summed E-state index contributed by atoms with van der Waals surface area (Å²) in [6.07, 6.45) is 3.47. The zero-order valence-electron chi connectivity index (χ0n) is 16.4. The second-order valence-electron chi connectivity index (χ2n) is 5.86. The first-order chi connectivity index (χ1) is 13.4. The van der Waals surface area contributed by atoms with E-state index in [1.807, 2.05) is 31.2 Å². The van der Waals surface area contributed by atoms with E-state index in [2.05, 4.69) is 5.32 Å². The highest BCUT2D eigenvalue weighted by molar-refractivity contribution is 8.13. The van der Waals surface area contributed by atoms with E-state index >= 15 is 0 Å². The molecule has 0 saturated carbocycles. The minimum absolute atomic E-state index is 0.0479. The van der Waals surface area contributed by atoms with E-state index in [0.717, 1.165) is 17.1 Å². The monoisotopic (exact) mass is 425 g/mol. The summed E-state index contributed by atoms with van der Waals surface area (Å²) in [6.45, 7) is 4.26. The maximum Gasteiger partial charge on any atom is 0.330 e. The van der Waals surface area contributed by atoms with Crippen LogP contribution in [0.15, 0.2) is 30.3 Å². The summed E-state index contributed by atoms with van der Waals surface area (Å²) >= 11 is 2.82. The van der Waals surface area contributed by atoms with E-state index in [1.165, 1.54) is 24.8 Å². The summed E-state index contributed by atoms with van der Waals surface area (Å²) in [5, 5.41) is 2.98. The highest BCUT2D eigenvalue weighted by atomic mass is 32.2. The number of ether oxygens (including phenoxy) is 2. The molecule has 1 rings (SSSR count). The number of thioether (sulfide) groups is 2. The lowest BCUT2D eigenvalue weighted by Crippen LogP contribution is -2.23. The van der Waals surface area contributed by atoms with Crippen LogP contribution in [0.5, 0.6) is 5.75 Å². The summed E-state index contributed by atoms with van der Waals surface area (Å²) < 4.78 is 10.2. The van der Waals surface area contributed by atoms with Gasteiger partial charge in [0.25, 0.3) is 0 Å². The summed E-state index contributed by atoms with van der Waals surface area (Å²) in [4.78, 5) is 34.4. The zero-order valence-corrected chi connectivity index (χ0v) is 18.1. The Morgan fingerprint density at radius 1 is 1.18 bits per heavy atom. The molecule has 0 aliphatic carbocycles. The minimum atomic E-state index is -0.439. The molecule has 28 heavy (non-hydrogen) atoms. The molecule has 1 aromatic carbocycles. The van der Waals surface area contributed by atoms with Crippen LogP contribution in [0, 0.1) is 0 Å². The van der Waals surface area contributed by atoms with Gasteiger partial charge in [0.1, 0.15) is 12.4 Å². The molecule has 1 amide bonds. The molecule has 0 spiro atoms. The van der Waals surface area contributed by atoms with Gasteiger partial charge in [-0.15, -0.1) is 0 Å². The van der Waals surface area contributed by atoms with Gasteiger partial charge in [-0.2, -0.15) is 11.8 Å². The van der Waals surface area contributed by atoms with Crippen molar-refractivity contribution >= 4 is 46.6 Å². The topological polar surface area (TPSA) is 81.7 Å². The van der Waals surface area contributed by atoms with E-state index in [1.54, 1.807) is 24.9 Å². The lowest BCUT2D eigenvalue weighted by molar-refractivity contribution is -0.137. The number of amides is 1. The molecule has 0 radical (unpaired) electrons. The molecule has 0 saturated heterocycles. The Kier molecular flexibility index (Phi) is 12.2. The van der Waals surface area contributed by atoms with Crippen molar-refractivity contribution in [1.29, 1.82) is 0 Å². The molecule has 1 N–H and O–H groups in total. The third-order valence-electron chi connectivity index (χ3n) is 3.45. The maximum atomic E-state index is 11.9. The zero-order chi connectivity index (χ0) is 20.8. The van der Waals surface area contributed by atoms with Gasteiger partial charge in [-0.1, -0.05) is 30.8 Å². The van der Waals surface area contributed by atoms with Gasteiger partial charge in [-0.3, -0.25) is 9.59 Å². The fourth-order valence-electron chi connectivity index (χ4n) is 2.06. The lowest BCUT2D eigenvalue weighted by Gasteiger charge is -2.10. The Morgan fingerprint density at radius 2 is 1.89 bits per heavy atom.